The number of hydrogen-bond donors (Lipinski definition) is 0. The molecule has 0 unspecified atom stereocenters. The van der Waals surface area contributed by atoms with E-state index in [1.165, 1.54) is 0 Å². The quantitative estimate of drug-likeness (QED) is 0.618. The molecule has 1 aliphatic rings. The molecule has 25 heavy (non-hydrogen) atoms. The lowest BCUT2D eigenvalue weighted by Gasteiger charge is -2.31. The summed E-state index contributed by atoms with van der Waals surface area (Å²) in [6.45, 7) is 6.24. The van der Waals surface area contributed by atoms with Crippen molar-refractivity contribution in [2.24, 2.45) is 0 Å². The summed E-state index contributed by atoms with van der Waals surface area (Å²) in [5.74, 6) is 3.34. The molecule has 4 rings (SSSR count). The predicted molar refractivity (Wildman–Crippen MR) is 104 cm³/mol. The number of fused-ring (bicyclic) bond motifs is 1. The topological polar surface area (TPSA) is 33.4 Å². The summed E-state index contributed by atoms with van der Waals surface area (Å²) < 4.78 is 2.07. The maximum Gasteiger partial charge on any atom is 0.154 e. The Morgan fingerprint density at radius 3 is 2.60 bits per heavy atom. The monoisotopic (exact) mass is 373 g/mol. The number of aromatic nitrogens is 3. The van der Waals surface area contributed by atoms with Crippen molar-refractivity contribution in [3.8, 4) is 11.4 Å². The molecule has 0 atom stereocenters. The lowest BCUT2D eigenvalue weighted by atomic mass is 9.99. The Morgan fingerprint density at radius 1 is 1.08 bits per heavy atom. The molecular formula is C19H19Cl2N4. The lowest BCUT2D eigenvalue weighted by Crippen LogP contribution is -2.33. The highest BCUT2D eigenvalue weighted by Crippen LogP contribution is 2.36. The van der Waals surface area contributed by atoms with Crippen molar-refractivity contribution in [3.05, 3.63) is 52.2 Å². The number of anilines is 1. The van der Waals surface area contributed by atoms with Crippen LogP contribution < -0.4 is 4.90 Å². The summed E-state index contributed by atoms with van der Waals surface area (Å²) in [5, 5.41) is 1.06. The SMILES string of the molecule is C[C]1CCN(c2nccn3c(-c4cccc(Cl)c4Cl)nc(C)c23)CC1. The number of halogens is 2. The van der Waals surface area contributed by atoms with Gasteiger partial charge in [-0.3, -0.25) is 4.40 Å². The second kappa shape index (κ2) is 6.50. The first-order valence-electron chi connectivity index (χ1n) is 8.40. The maximum absolute atomic E-state index is 6.43. The molecule has 0 saturated carbocycles. The third-order valence-corrected chi connectivity index (χ3v) is 5.64. The minimum atomic E-state index is 0.526. The number of rotatable bonds is 2. The van der Waals surface area contributed by atoms with Gasteiger partial charge in [-0.2, -0.15) is 0 Å². The van der Waals surface area contributed by atoms with Crippen molar-refractivity contribution >= 4 is 34.5 Å². The third-order valence-electron chi connectivity index (χ3n) is 4.82. The van der Waals surface area contributed by atoms with Crippen LogP contribution in [0.4, 0.5) is 5.82 Å². The molecule has 6 heteroatoms. The van der Waals surface area contributed by atoms with Gasteiger partial charge in [0.15, 0.2) is 5.82 Å². The number of nitrogens with zero attached hydrogens (tertiary/aromatic N) is 4. The number of imidazole rings is 1. The van der Waals surface area contributed by atoms with Gasteiger partial charge in [0.25, 0.3) is 0 Å². The summed E-state index contributed by atoms with van der Waals surface area (Å²) in [6.07, 6.45) is 6.00. The summed E-state index contributed by atoms with van der Waals surface area (Å²) in [7, 11) is 0. The molecule has 1 aromatic carbocycles. The zero-order valence-corrected chi connectivity index (χ0v) is 15.8. The largest absolute Gasteiger partial charge is 0.355 e. The highest BCUT2D eigenvalue weighted by Gasteiger charge is 2.23. The standard InChI is InChI=1S/C19H19Cl2N4/c1-12-6-9-24(10-7-12)19-17-13(2)23-18(25(17)11-8-22-19)14-4-3-5-15(20)16(14)21/h3-5,8,11H,6-7,9-10H2,1-2H3. The summed E-state index contributed by atoms with van der Waals surface area (Å²) in [5.41, 5.74) is 2.81. The van der Waals surface area contributed by atoms with Gasteiger partial charge in [-0.25, -0.2) is 9.97 Å². The first-order chi connectivity index (χ1) is 12.1. The summed E-state index contributed by atoms with van der Waals surface area (Å²) >= 11 is 12.6. The molecule has 4 nitrogen and oxygen atoms in total. The number of piperidine rings is 1. The van der Waals surface area contributed by atoms with Gasteiger partial charge in [-0.05, 0) is 37.8 Å². The Balaban J connectivity index is 1.87. The van der Waals surface area contributed by atoms with Gasteiger partial charge in [-0.15, -0.1) is 0 Å². The van der Waals surface area contributed by atoms with Crippen molar-refractivity contribution in [3.63, 3.8) is 0 Å². The first kappa shape index (κ1) is 16.7. The zero-order chi connectivity index (χ0) is 17.6. The van der Waals surface area contributed by atoms with E-state index in [0.29, 0.717) is 10.0 Å². The van der Waals surface area contributed by atoms with Crippen molar-refractivity contribution < 1.29 is 0 Å². The molecule has 1 radical (unpaired) electrons. The van der Waals surface area contributed by atoms with E-state index in [1.54, 1.807) is 12.0 Å². The van der Waals surface area contributed by atoms with Gasteiger partial charge in [0, 0.05) is 31.0 Å². The van der Waals surface area contributed by atoms with Gasteiger partial charge < -0.3 is 4.90 Å². The Morgan fingerprint density at radius 2 is 1.84 bits per heavy atom. The Labute approximate surface area is 157 Å². The summed E-state index contributed by atoms with van der Waals surface area (Å²) in [4.78, 5) is 11.8. The molecule has 0 bridgehead atoms. The molecule has 0 N–H and O–H groups in total. The second-order valence-electron chi connectivity index (χ2n) is 6.54. The Hall–Kier alpha value is -1.78. The van der Waals surface area contributed by atoms with Crippen LogP contribution in [0.2, 0.25) is 10.0 Å². The lowest BCUT2D eigenvalue weighted by molar-refractivity contribution is 0.610. The van der Waals surface area contributed by atoms with E-state index in [2.05, 4.69) is 21.2 Å². The van der Waals surface area contributed by atoms with E-state index in [1.807, 2.05) is 31.5 Å². The predicted octanol–water partition coefficient (Wildman–Crippen LogP) is 5.21. The van der Waals surface area contributed by atoms with Gasteiger partial charge in [0.05, 0.1) is 15.7 Å². The normalized spacial score (nSPS) is 15.9. The van der Waals surface area contributed by atoms with Crippen molar-refractivity contribution in [1.82, 2.24) is 14.4 Å². The smallest absolute Gasteiger partial charge is 0.154 e. The fraction of sp³-hybridized carbons (Fsp3) is 0.316. The second-order valence-corrected chi connectivity index (χ2v) is 7.32. The molecule has 3 heterocycles. The minimum Gasteiger partial charge on any atom is -0.355 e. The molecular weight excluding hydrogens is 355 g/mol. The van der Waals surface area contributed by atoms with Gasteiger partial charge in [-0.1, -0.05) is 36.2 Å². The van der Waals surface area contributed by atoms with Crippen molar-refractivity contribution in [1.29, 1.82) is 0 Å². The average molecular weight is 374 g/mol. The highest BCUT2D eigenvalue weighted by atomic mass is 35.5. The fourth-order valence-corrected chi connectivity index (χ4v) is 3.78. The van der Waals surface area contributed by atoms with E-state index in [9.17, 15) is 0 Å². The molecule has 0 amide bonds. The molecule has 0 aliphatic carbocycles. The molecule has 129 valence electrons. The average Bonchev–Trinajstić information content (AvgIpc) is 2.95. The Kier molecular flexibility index (Phi) is 4.34. The van der Waals surface area contributed by atoms with Gasteiger partial charge >= 0.3 is 0 Å². The number of aryl methyl sites for hydroxylation is 1. The fourth-order valence-electron chi connectivity index (χ4n) is 3.39. The number of benzene rings is 1. The summed E-state index contributed by atoms with van der Waals surface area (Å²) in [6, 6.07) is 5.63. The third kappa shape index (κ3) is 2.87. The molecule has 3 aromatic rings. The van der Waals surface area contributed by atoms with Crippen LogP contribution >= 0.6 is 23.2 Å². The van der Waals surface area contributed by atoms with Crippen LogP contribution in [0.3, 0.4) is 0 Å². The number of hydrogen-bond acceptors (Lipinski definition) is 3. The van der Waals surface area contributed by atoms with E-state index < -0.39 is 0 Å². The highest BCUT2D eigenvalue weighted by molar-refractivity contribution is 6.43. The van der Waals surface area contributed by atoms with Crippen LogP contribution in [-0.2, 0) is 0 Å². The van der Waals surface area contributed by atoms with Crippen LogP contribution in [0.15, 0.2) is 30.6 Å². The van der Waals surface area contributed by atoms with Crippen LogP contribution in [0, 0.1) is 12.8 Å². The van der Waals surface area contributed by atoms with Crippen LogP contribution in [-0.4, -0.2) is 27.5 Å². The first-order valence-corrected chi connectivity index (χ1v) is 9.16. The molecule has 1 fully saturated rings. The van der Waals surface area contributed by atoms with E-state index in [-0.39, 0.29) is 0 Å². The maximum atomic E-state index is 6.43. The van der Waals surface area contributed by atoms with Crippen molar-refractivity contribution in [2.45, 2.75) is 26.7 Å². The van der Waals surface area contributed by atoms with Gasteiger partial charge in [0.2, 0.25) is 0 Å². The van der Waals surface area contributed by atoms with E-state index in [0.717, 1.165) is 54.3 Å². The zero-order valence-electron chi connectivity index (χ0n) is 14.3. The van der Waals surface area contributed by atoms with E-state index >= 15 is 0 Å². The Bertz CT molecular complexity index is 927. The molecule has 1 aliphatic heterocycles. The van der Waals surface area contributed by atoms with Crippen LogP contribution in [0.5, 0.6) is 0 Å². The molecule has 2 aromatic heterocycles. The van der Waals surface area contributed by atoms with Crippen LogP contribution in [0.25, 0.3) is 16.9 Å². The molecule has 1 saturated heterocycles. The van der Waals surface area contributed by atoms with Gasteiger partial charge in [0.1, 0.15) is 11.3 Å². The van der Waals surface area contributed by atoms with Crippen molar-refractivity contribution in [2.75, 3.05) is 18.0 Å². The van der Waals surface area contributed by atoms with Crippen LogP contribution in [0.1, 0.15) is 25.5 Å². The minimum absolute atomic E-state index is 0.526. The molecule has 0 spiro atoms. The van der Waals surface area contributed by atoms with E-state index in [4.69, 9.17) is 28.2 Å².